The largest absolute Gasteiger partial charge is 0.491 e. The van der Waals surface area contributed by atoms with Crippen molar-refractivity contribution in [2.75, 3.05) is 6.61 Å². The van der Waals surface area contributed by atoms with E-state index in [4.69, 9.17) is 27.9 Å². The summed E-state index contributed by atoms with van der Waals surface area (Å²) in [6.07, 6.45) is 0.674. The van der Waals surface area contributed by atoms with Gasteiger partial charge in [-0.2, -0.15) is 9.61 Å². The first-order chi connectivity index (χ1) is 17.4. The predicted molar refractivity (Wildman–Crippen MR) is 141 cm³/mol. The van der Waals surface area contributed by atoms with Crippen LogP contribution in [0.15, 0.2) is 83.8 Å². The Bertz CT molecular complexity index is 1580. The van der Waals surface area contributed by atoms with Gasteiger partial charge < -0.3 is 9.84 Å². The molecule has 0 saturated heterocycles. The number of nitrogens with zero attached hydrogens (tertiary/aromatic N) is 4. The molecule has 0 aliphatic carbocycles. The highest BCUT2D eigenvalue weighted by Gasteiger charge is 2.20. The Hall–Kier alpha value is -3.65. The van der Waals surface area contributed by atoms with Crippen molar-refractivity contribution in [1.82, 2.24) is 19.4 Å². The van der Waals surface area contributed by atoms with E-state index >= 15 is 0 Å². The molecule has 1 N–H and O–H groups in total. The van der Waals surface area contributed by atoms with Crippen LogP contribution in [-0.2, 0) is 6.54 Å². The average molecular weight is 521 g/mol. The van der Waals surface area contributed by atoms with Gasteiger partial charge in [-0.1, -0.05) is 65.7 Å². The maximum Gasteiger partial charge on any atom is 0.367 e. The van der Waals surface area contributed by atoms with Crippen LogP contribution in [0, 0.1) is 6.92 Å². The summed E-state index contributed by atoms with van der Waals surface area (Å²) in [4.78, 5) is 13.1. The lowest BCUT2D eigenvalue weighted by Gasteiger charge is -2.13. The highest BCUT2D eigenvalue weighted by Crippen LogP contribution is 2.35. The topological polar surface area (TPSA) is 81.7 Å². The molecule has 5 aromatic rings. The van der Waals surface area contributed by atoms with Gasteiger partial charge in [0.2, 0.25) is 0 Å². The summed E-state index contributed by atoms with van der Waals surface area (Å²) in [5, 5.41) is 20.7. The zero-order valence-electron chi connectivity index (χ0n) is 19.3. The van der Waals surface area contributed by atoms with Gasteiger partial charge in [-0.15, -0.1) is 5.10 Å². The second-order valence-corrected chi connectivity index (χ2v) is 9.25. The number of aryl methyl sites for hydroxylation is 1. The van der Waals surface area contributed by atoms with Crippen molar-refractivity contribution in [2.45, 2.75) is 19.6 Å². The van der Waals surface area contributed by atoms with Crippen LogP contribution in [0.1, 0.15) is 5.56 Å². The minimum Gasteiger partial charge on any atom is -0.491 e. The second-order valence-electron chi connectivity index (χ2n) is 8.38. The smallest absolute Gasteiger partial charge is 0.367 e. The molecule has 7 nitrogen and oxygen atoms in total. The fourth-order valence-electron chi connectivity index (χ4n) is 3.98. The van der Waals surface area contributed by atoms with Gasteiger partial charge in [0.25, 0.3) is 0 Å². The first-order valence-electron chi connectivity index (χ1n) is 11.3. The monoisotopic (exact) mass is 520 g/mol. The predicted octanol–water partition coefficient (Wildman–Crippen LogP) is 5.28. The fraction of sp³-hybridized carbons (Fsp3) is 0.148. The second kappa shape index (κ2) is 10.1. The van der Waals surface area contributed by atoms with Crippen LogP contribution in [0.25, 0.3) is 27.9 Å². The zero-order valence-corrected chi connectivity index (χ0v) is 20.8. The molecular formula is C27H22Cl2N4O3. The standard InChI is InChI=1S/C27H22Cl2N4O3/c1-17-4-2-3-5-24(17)36-16-22(34)15-32-27(35)33-26(31-32)25(19-8-12-21(29)13-9-19)23(14-30-33)18-6-10-20(28)11-7-18/h2-14,22,34H,15-16H2,1H3. The van der Waals surface area contributed by atoms with E-state index in [1.165, 1.54) is 9.20 Å². The zero-order chi connectivity index (χ0) is 25.2. The SMILES string of the molecule is Cc1ccccc1OCC(O)Cn1nc2c(-c3ccc(Cl)cc3)c(-c3ccc(Cl)cc3)cnn2c1=O. The third-order valence-corrected chi connectivity index (χ3v) is 6.31. The molecule has 182 valence electrons. The summed E-state index contributed by atoms with van der Waals surface area (Å²) in [6.45, 7) is 1.89. The lowest BCUT2D eigenvalue weighted by molar-refractivity contribution is 0.0880. The number of aromatic nitrogens is 4. The molecule has 3 aromatic carbocycles. The molecular weight excluding hydrogens is 499 g/mol. The van der Waals surface area contributed by atoms with Crippen LogP contribution in [0.5, 0.6) is 5.75 Å². The van der Waals surface area contributed by atoms with E-state index in [1.807, 2.05) is 55.5 Å². The Morgan fingerprint density at radius 1 is 0.944 bits per heavy atom. The molecule has 2 heterocycles. The number of benzene rings is 3. The van der Waals surface area contributed by atoms with Crippen molar-refractivity contribution in [3.05, 3.63) is 105 Å². The third kappa shape index (κ3) is 4.86. The molecule has 1 unspecified atom stereocenters. The van der Waals surface area contributed by atoms with Crippen LogP contribution in [-0.4, -0.2) is 37.2 Å². The van der Waals surface area contributed by atoms with Crippen LogP contribution in [0.2, 0.25) is 10.0 Å². The number of aliphatic hydroxyl groups is 1. The van der Waals surface area contributed by atoms with Crippen molar-refractivity contribution in [3.63, 3.8) is 0 Å². The molecule has 0 fully saturated rings. The lowest BCUT2D eigenvalue weighted by atomic mass is 9.97. The van der Waals surface area contributed by atoms with Gasteiger partial charge in [0, 0.05) is 21.2 Å². The normalized spacial score (nSPS) is 12.1. The Balaban J connectivity index is 1.54. The summed E-state index contributed by atoms with van der Waals surface area (Å²) in [6, 6.07) is 22.2. The van der Waals surface area contributed by atoms with E-state index in [0.717, 1.165) is 22.3 Å². The molecule has 0 saturated carbocycles. The van der Waals surface area contributed by atoms with Gasteiger partial charge in [0.05, 0.1) is 12.7 Å². The molecule has 36 heavy (non-hydrogen) atoms. The first-order valence-corrected chi connectivity index (χ1v) is 12.0. The summed E-state index contributed by atoms with van der Waals surface area (Å²) < 4.78 is 8.18. The van der Waals surface area contributed by atoms with Crippen LogP contribution < -0.4 is 10.4 Å². The van der Waals surface area contributed by atoms with Gasteiger partial charge in [-0.25, -0.2) is 9.48 Å². The van der Waals surface area contributed by atoms with Crippen molar-refractivity contribution >= 4 is 28.8 Å². The van der Waals surface area contributed by atoms with Crippen molar-refractivity contribution in [3.8, 4) is 28.0 Å². The Labute approximate surface area is 217 Å². The molecule has 0 aliphatic heterocycles. The van der Waals surface area contributed by atoms with Crippen molar-refractivity contribution < 1.29 is 9.84 Å². The van der Waals surface area contributed by atoms with Gasteiger partial charge in [0.15, 0.2) is 5.65 Å². The number of hydrogen-bond donors (Lipinski definition) is 1. The van der Waals surface area contributed by atoms with E-state index in [0.29, 0.717) is 27.0 Å². The lowest BCUT2D eigenvalue weighted by Crippen LogP contribution is -2.31. The van der Waals surface area contributed by atoms with Gasteiger partial charge in [0.1, 0.15) is 18.5 Å². The van der Waals surface area contributed by atoms with Gasteiger partial charge in [-0.3, -0.25) is 0 Å². The number of hydrogen-bond acceptors (Lipinski definition) is 5. The Morgan fingerprint density at radius 2 is 1.58 bits per heavy atom. The van der Waals surface area contributed by atoms with Crippen LogP contribution >= 0.6 is 23.2 Å². The fourth-order valence-corrected chi connectivity index (χ4v) is 4.24. The van der Waals surface area contributed by atoms with E-state index in [9.17, 15) is 9.90 Å². The molecule has 5 rings (SSSR count). The number of rotatable bonds is 7. The van der Waals surface area contributed by atoms with Crippen molar-refractivity contribution in [2.24, 2.45) is 0 Å². The number of aliphatic hydroxyl groups excluding tert-OH is 1. The molecule has 9 heteroatoms. The highest BCUT2D eigenvalue weighted by atomic mass is 35.5. The molecule has 0 aliphatic rings. The Morgan fingerprint density at radius 3 is 2.25 bits per heavy atom. The molecule has 0 spiro atoms. The summed E-state index contributed by atoms with van der Waals surface area (Å²) >= 11 is 12.2. The van der Waals surface area contributed by atoms with E-state index in [-0.39, 0.29) is 13.2 Å². The maximum absolute atomic E-state index is 13.1. The molecule has 0 radical (unpaired) electrons. The third-order valence-electron chi connectivity index (χ3n) is 5.81. The number of fused-ring (bicyclic) bond motifs is 1. The highest BCUT2D eigenvalue weighted by molar-refractivity contribution is 6.31. The van der Waals surface area contributed by atoms with E-state index in [2.05, 4.69) is 10.2 Å². The molecule has 0 bridgehead atoms. The molecule has 2 aromatic heterocycles. The van der Waals surface area contributed by atoms with Gasteiger partial charge >= 0.3 is 5.69 Å². The van der Waals surface area contributed by atoms with E-state index in [1.54, 1.807) is 30.5 Å². The van der Waals surface area contributed by atoms with Crippen molar-refractivity contribution in [1.29, 1.82) is 0 Å². The van der Waals surface area contributed by atoms with Crippen LogP contribution in [0.3, 0.4) is 0 Å². The summed E-state index contributed by atoms with van der Waals surface area (Å²) in [7, 11) is 0. The quantitative estimate of drug-likeness (QED) is 0.315. The minimum absolute atomic E-state index is 0.0126. The number of ether oxygens (including phenoxy) is 1. The van der Waals surface area contributed by atoms with E-state index < -0.39 is 11.8 Å². The van der Waals surface area contributed by atoms with Gasteiger partial charge in [-0.05, 0) is 53.9 Å². The van der Waals surface area contributed by atoms with Crippen LogP contribution in [0.4, 0.5) is 0 Å². The molecule has 0 amide bonds. The maximum atomic E-state index is 13.1. The minimum atomic E-state index is -0.957. The number of halogens is 2. The molecule has 1 atom stereocenters. The summed E-state index contributed by atoms with van der Waals surface area (Å²) in [5.74, 6) is 0.679. The number of para-hydroxylation sites is 1. The first kappa shape index (κ1) is 24.1. The average Bonchev–Trinajstić information content (AvgIpc) is 3.19. The Kier molecular flexibility index (Phi) is 6.78. The summed E-state index contributed by atoms with van der Waals surface area (Å²) in [5.41, 5.74) is 4.04.